The van der Waals surface area contributed by atoms with Gasteiger partial charge in [0, 0.05) is 25.0 Å². The number of ether oxygens (including phenoxy) is 1. The van der Waals surface area contributed by atoms with Crippen molar-refractivity contribution in [3.63, 3.8) is 0 Å². The maximum atomic E-state index is 12.6. The largest absolute Gasteiger partial charge is 0.497 e. The monoisotopic (exact) mass is 345 g/mol. The summed E-state index contributed by atoms with van der Waals surface area (Å²) in [5, 5.41) is 2.98. The molecule has 5 nitrogen and oxygen atoms in total. The molecule has 1 aliphatic heterocycles. The molecule has 3 rings (SSSR count). The lowest BCUT2D eigenvalue weighted by molar-refractivity contribution is -0.133. The molecule has 0 N–H and O–H groups in total. The first kappa shape index (κ1) is 16.9. The minimum Gasteiger partial charge on any atom is -0.497 e. The molecule has 0 radical (unpaired) electrons. The molecule has 1 aromatic carbocycles. The van der Waals surface area contributed by atoms with Crippen molar-refractivity contribution in [2.24, 2.45) is 0 Å². The number of hydrogen-bond donors (Lipinski definition) is 0. The smallest absolute Gasteiger partial charge is 0.228 e. The molecule has 0 bridgehead atoms. The lowest BCUT2D eigenvalue weighted by Gasteiger charge is -2.39. The van der Waals surface area contributed by atoms with Gasteiger partial charge in [-0.2, -0.15) is 0 Å². The van der Waals surface area contributed by atoms with Crippen molar-refractivity contribution in [1.82, 2.24) is 14.8 Å². The topological polar surface area (TPSA) is 45.7 Å². The summed E-state index contributed by atoms with van der Waals surface area (Å²) in [6.07, 6.45) is 0.392. The number of thiazole rings is 1. The molecule has 0 spiro atoms. The molecule has 2 heterocycles. The maximum absolute atomic E-state index is 12.6. The second-order valence-corrected chi connectivity index (χ2v) is 7.21. The van der Waals surface area contributed by atoms with Crippen molar-refractivity contribution in [2.45, 2.75) is 19.4 Å². The molecule has 1 saturated heterocycles. The van der Waals surface area contributed by atoms with Crippen LogP contribution in [-0.4, -0.2) is 54.5 Å². The number of piperazine rings is 1. The van der Waals surface area contributed by atoms with Crippen LogP contribution in [0.2, 0.25) is 0 Å². The number of carbonyl (C=O) groups excluding carboxylic acids is 1. The normalized spacial score (nSPS) is 18.6. The van der Waals surface area contributed by atoms with E-state index in [0.29, 0.717) is 13.0 Å². The number of carbonyl (C=O) groups is 1. The number of hydrogen-bond acceptors (Lipinski definition) is 5. The van der Waals surface area contributed by atoms with Crippen LogP contribution in [0.3, 0.4) is 0 Å². The quantitative estimate of drug-likeness (QED) is 0.854. The first-order valence-electron chi connectivity index (χ1n) is 8.10. The average molecular weight is 345 g/mol. The van der Waals surface area contributed by atoms with E-state index in [1.54, 1.807) is 18.4 Å². The molecule has 1 fully saturated rings. The zero-order valence-electron chi connectivity index (χ0n) is 14.4. The highest BCUT2D eigenvalue weighted by Crippen LogP contribution is 2.26. The number of benzene rings is 1. The first-order valence-corrected chi connectivity index (χ1v) is 8.97. The summed E-state index contributed by atoms with van der Waals surface area (Å²) < 4.78 is 5.23. The van der Waals surface area contributed by atoms with Crippen LogP contribution in [-0.2, 0) is 11.2 Å². The number of nitrogens with zero attached hydrogens (tertiary/aromatic N) is 3. The summed E-state index contributed by atoms with van der Waals surface area (Å²) in [6.45, 7) is 4.32. The predicted molar refractivity (Wildman–Crippen MR) is 95.5 cm³/mol. The van der Waals surface area contributed by atoms with Gasteiger partial charge in [-0.15, -0.1) is 11.3 Å². The van der Waals surface area contributed by atoms with Gasteiger partial charge in [-0.05, 0) is 31.7 Å². The zero-order chi connectivity index (χ0) is 17.1. The maximum Gasteiger partial charge on any atom is 0.228 e. The highest BCUT2D eigenvalue weighted by atomic mass is 32.1. The van der Waals surface area contributed by atoms with E-state index in [2.05, 4.69) is 29.1 Å². The molecule has 24 heavy (non-hydrogen) atoms. The molecule has 0 unspecified atom stereocenters. The second-order valence-electron chi connectivity index (χ2n) is 6.14. The molecule has 128 valence electrons. The van der Waals surface area contributed by atoms with Gasteiger partial charge in [-0.3, -0.25) is 9.69 Å². The van der Waals surface area contributed by atoms with E-state index in [-0.39, 0.29) is 11.9 Å². The minimum atomic E-state index is 0.159. The van der Waals surface area contributed by atoms with E-state index in [1.807, 2.05) is 29.3 Å². The molecular weight excluding hydrogens is 322 g/mol. The highest BCUT2D eigenvalue weighted by molar-refractivity contribution is 7.09. The fraction of sp³-hybridized carbons (Fsp3) is 0.444. The molecule has 1 atom stereocenters. The molecule has 2 aromatic rings. The standard InChI is InChI=1S/C18H23N3O2S/c1-13-19-15(12-24-13)10-18(22)21-9-8-20(2)17(11-21)14-4-6-16(23-3)7-5-14/h4-7,12,17H,8-11H2,1-3H3/t17-/m0/s1. The van der Waals surface area contributed by atoms with Crippen LogP contribution in [0.15, 0.2) is 29.6 Å². The Bertz CT molecular complexity index is 699. The summed E-state index contributed by atoms with van der Waals surface area (Å²) in [7, 11) is 3.78. The Hall–Kier alpha value is -1.92. The van der Waals surface area contributed by atoms with Crippen LogP contribution in [0.4, 0.5) is 0 Å². The van der Waals surface area contributed by atoms with Crippen molar-refractivity contribution < 1.29 is 9.53 Å². The van der Waals surface area contributed by atoms with Crippen LogP contribution in [0, 0.1) is 6.92 Å². The molecule has 6 heteroatoms. The molecular formula is C18H23N3O2S. The Labute approximate surface area is 146 Å². The van der Waals surface area contributed by atoms with Gasteiger partial charge in [0.05, 0.1) is 30.3 Å². The lowest BCUT2D eigenvalue weighted by atomic mass is 10.0. The minimum absolute atomic E-state index is 0.159. The summed E-state index contributed by atoms with van der Waals surface area (Å²) in [5.74, 6) is 1.01. The number of likely N-dealkylation sites (N-methyl/N-ethyl adjacent to an activating group) is 1. The van der Waals surface area contributed by atoms with Gasteiger partial charge >= 0.3 is 0 Å². The van der Waals surface area contributed by atoms with Crippen molar-refractivity contribution >= 4 is 17.2 Å². The summed E-state index contributed by atoms with van der Waals surface area (Å²) >= 11 is 1.59. The summed E-state index contributed by atoms with van der Waals surface area (Å²) in [5.41, 5.74) is 2.09. The molecule has 1 amide bonds. The first-order chi connectivity index (χ1) is 11.6. The molecule has 0 saturated carbocycles. The fourth-order valence-corrected chi connectivity index (χ4v) is 3.65. The number of rotatable bonds is 4. The second kappa shape index (κ2) is 7.32. The van der Waals surface area contributed by atoms with Gasteiger partial charge in [0.25, 0.3) is 0 Å². The third-order valence-electron chi connectivity index (χ3n) is 4.50. The van der Waals surface area contributed by atoms with E-state index < -0.39 is 0 Å². The summed E-state index contributed by atoms with van der Waals surface area (Å²) in [4.78, 5) is 21.3. The lowest BCUT2D eigenvalue weighted by Crippen LogP contribution is -2.49. The zero-order valence-corrected chi connectivity index (χ0v) is 15.2. The van der Waals surface area contributed by atoms with E-state index in [9.17, 15) is 4.79 Å². The van der Waals surface area contributed by atoms with Gasteiger partial charge in [0.15, 0.2) is 0 Å². The number of aromatic nitrogens is 1. The van der Waals surface area contributed by atoms with E-state index in [0.717, 1.165) is 29.5 Å². The molecule has 1 aliphatic rings. The number of methoxy groups -OCH3 is 1. The third-order valence-corrected chi connectivity index (χ3v) is 5.32. The summed E-state index contributed by atoms with van der Waals surface area (Å²) in [6, 6.07) is 8.32. The van der Waals surface area contributed by atoms with Crippen LogP contribution in [0.25, 0.3) is 0 Å². The fourth-order valence-electron chi connectivity index (χ4n) is 3.04. The van der Waals surface area contributed by atoms with Gasteiger partial charge in [0.1, 0.15) is 5.75 Å². The molecule has 1 aromatic heterocycles. The Morgan fingerprint density at radius 3 is 2.71 bits per heavy atom. The van der Waals surface area contributed by atoms with Crippen molar-refractivity contribution in [3.05, 3.63) is 45.9 Å². The third kappa shape index (κ3) is 3.76. The highest BCUT2D eigenvalue weighted by Gasteiger charge is 2.28. The van der Waals surface area contributed by atoms with E-state index >= 15 is 0 Å². The molecule has 0 aliphatic carbocycles. The average Bonchev–Trinajstić information content (AvgIpc) is 3.00. The van der Waals surface area contributed by atoms with E-state index in [1.165, 1.54) is 5.56 Å². The van der Waals surface area contributed by atoms with Gasteiger partial charge in [-0.25, -0.2) is 4.98 Å². The SMILES string of the molecule is COc1ccc([C@@H]2CN(C(=O)Cc3csc(C)n3)CCN2C)cc1. The number of aryl methyl sites for hydroxylation is 1. The van der Waals surface area contributed by atoms with Crippen LogP contribution in [0.5, 0.6) is 5.75 Å². The van der Waals surface area contributed by atoms with Crippen molar-refractivity contribution in [3.8, 4) is 5.75 Å². The Balaban J connectivity index is 1.68. The van der Waals surface area contributed by atoms with E-state index in [4.69, 9.17) is 4.74 Å². The Morgan fingerprint density at radius 1 is 1.33 bits per heavy atom. The predicted octanol–water partition coefficient (Wildman–Crippen LogP) is 2.52. The van der Waals surface area contributed by atoms with Crippen LogP contribution in [0.1, 0.15) is 22.3 Å². The van der Waals surface area contributed by atoms with Gasteiger partial charge < -0.3 is 9.64 Å². The Morgan fingerprint density at radius 2 is 2.08 bits per heavy atom. The number of amides is 1. The van der Waals surface area contributed by atoms with Crippen LogP contribution < -0.4 is 4.74 Å². The van der Waals surface area contributed by atoms with Gasteiger partial charge in [0.2, 0.25) is 5.91 Å². The Kier molecular flexibility index (Phi) is 5.16. The van der Waals surface area contributed by atoms with Crippen LogP contribution >= 0.6 is 11.3 Å². The van der Waals surface area contributed by atoms with Crippen molar-refractivity contribution in [1.29, 1.82) is 0 Å². The van der Waals surface area contributed by atoms with Crippen molar-refractivity contribution in [2.75, 3.05) is 33.8 Å². The van der Waals surface area contributed by atoms with Gasteiger partial charge in [-0.1, -0.05) is 12.1 Å².